The van der Waals surface area contributed by atoms with Crippen LogP contribution in [0.3, 0.4) is 0 Å². The molecule has 0 saturated carbocycles. The Bertz CT molecular complexity index is 663. The summed E-state index contributed by atoms with van der Waals surface area (Å²) in [6.45, 7) is 1.43. The summed E-state index contributed by atoms with van der Waals surface area (Å²) in [5.74, 6) is -0.258. The lowest BCUT2D eigenvalue weighted by Crippen LogP contribution is -2.06. The van der Waals surface area contributed by atoms with Gasteiger partial charge in [-0.05, 0) is 75.2 Å². The van der Waals surface area contributed by atoms with E-state index < -0.39 is 0 Å². The molecule has 0 aliphatic carbocycles. The van der Waals surface area contributed by atoms with Gasteiger partial charge in [-0.25, -0.2) is 8.78 Å². The van der Waals surface area contributed by atoms with E-state index in [-0.39, 0.29) is 29.8 Å². The number of carbonyl (C=O) groups is 1. The summed E-state index contributed by atoms with van der Waals surface area (Å²) in [7, 11) is 0. The van der Waals surface area contributed by atoms with Crippen LogP contribution in [-0.4, -0.2) is 17.5 Å². The Kier molecular flexibility index (Phi) is 7.47. The molecule has 7 heteroatoms. The maximum atomic E-state index is 12.6. The zero-order valence-corrected chi connectivity index (χ0v) is 14.6. The van der Waals surface area contributed by atoms with E-state index in [2.05, 4.69) is 31.9 Å². The third-order valence-corrected chi connectivity index (χ3v) is 3.49. The SMILES string of the molecule is CC(=O)COc1ccc(F)cc1Br.Oc1ccc(F)cc1Br. The van der Waals surface area contributed by atoms with E-state index in [1.165, 1.54) is 43.3 Å². The predicted molar refractivity (Wildman–Crippen MR) is 86.0 cm³/mol. The molecule has 2 aromatic carbocycles. The first-order valence-corrected chi connectivity index (χ1v) is 7.59. The maximum absolute atomic E-state index is 12.6. The van der Waals surface area contributed by atoms with Crippen molar-refractivity contribution < 1.29 is 23.4 Å². The van der Waals surface area contributed by atoms with E-state index in [1.54, 1.807) is 0 Å². The Balaban J connectivity index is 0.000000235. The van der Waals surface area contributed by atoms with Gasteiger partial charge in [0.2, 0.25) is 0 Å². The molecular weight excluding hydrogens is 426 g/mol. The number of ether oxygens (including phenoxy) is 1. The summed E-state index contributed by atoms with van der Waals surface area (Å²) >= 11 is 6.08. The molecule has 1 N–H and O–H groups in total. The zero-order chi connectivity index (χ0) is 16.7. The average molecular weight is 438 g/mol. The number of halogens is 4. The first-order chi connectivity index (χ1) is 10.3. The quantitative estimate of drug-likeness (QED) is 0.746. The minimum Gasteiger partial charge on any atom is -0.507 e. The van der Waals surface area contributed by atoms with Crippen LogP contribution in [0, 0.1) is 11.6 Å². The maximum Gasteiger partial charge on any atom is 0.167 e. The minimum absolute atomic E-state index is 0.00420. The molecule has 0 amide bonds. The highest BCUT2D eigenvalue weighted by Gasteiger charge is 2.03. The molecule has 0 bridgehead atoms. The molecule has 0 spiro atoms. The van der Waals surface area contributed by atoms with Crippen LogP contribution in [0.2, 0.25) is 0 Å². The molecular formula is C15H12Br2F2O3. The highest BCUT2D eigenvalue weighted by atomic mass is 79.9. The molecule has 0 heterocycles. The van der Waals surface area contributed by atoms with E-state index in [0.29, 0.717) is 14.7 Å². The van der Waals surface area contributed by atoms with E-state index in [1.807, 2.05) is 0 Å². The lowest BCUT2D eigenvalue weighted by molar-refractivity contribution is -0.118. The van der Waals surface area contributed by atoms with Crippen molar-refractivity contribution >= 4 is 37.6 Å². The second-order valence-corrected chi connectivity index (χ2v) is 5.87. The van der Waals surface area contributed by atoms with Gasteiger partial charge in [0.15, 0.2) is 5.78 Å². The van der Waals surface area contributed by atoms with Crippen LogP contribution in [0.4, 0.5) is 8.78 Å². The molecule has 3 nitrogen and oxygen atoms in total. The number of hydrogen-bond acceptors (Lipinski definition) is 3. The summed E-state index contributed by atoms with van der Waals surface area (Å²) in [6, 6.07) is 7.73. The molecule has 0 aliphatic rings. The second-order valence-electron chi connectivity index (χ2n) is 4.16. The van der Waals surface area contributed by atoms with Gasteiger partial charge in [0.05, 0.1) is 8.95 Å². The standard InChI is InChI=1S/C9H8BrFO2.C6H4BrFO/c1-6(12)5-13-9-3-2-7(11)4-8(9)10;7-5-3-4(8)1-2-6(5)9/h2-4H,5H2,1H3;1-3,9H. The zero-order valence-electron chi connectivity index (χ0n) is 11.4. The van der Waals surface area contributed by atoms with Crippen molar-refractivity contribution in [2.24, 2.45) is 0 Å². The fraction of sp³-hybridized carbons (Fsp3) is 0.133. The molecule has 118 valence electrons. The molecule has 0 fully saturated rings. The van der Waals surface area contributed by atoms with E-state index >= 15 is 0 Å². The van der Waals surface area contributed by atoms with Gasteiger partial charge in [-0.3, -0.25) is 4.79 Å². The van der Waals surface area contributed by atoms with E-state index in [9.17, 15) is 13.6 Å². The van der Waals surface area contributed by atoms with Crippen molar-refractivity contribution in [3.63, 3.8) is 0 Å². The van der Waals surface area contributed by atoms with Crippen LogP contribution in [0.5, 0.6) is 11.5 Å². The summed E-state index contributed by atoms with van der Waals surface area (Å²) in [6.07, 6.45) is 0. The molecule has 0 aromatic heterocycles. The third kappa shape index (κ3) is 6.53. The van der Waals surface area contributed by atoms with Gasteiger partial charge < -0.3 is 9.84 Å². The number of aromatic hydroxyl groups is 1. The van der Waals surface area contributed by atoms with Crippen molar-refractivity contribution in [2.45, 2.75) is 6.92 Å². The van der Waals surface area contributed by atoms with Gasteiger partial charge >= 0.3 is 0 Å². The summed E-state index contributed by atoms with van der Waals surface area (Å²) < 4.78 is 30.8. The largest absolute Gasteiger partial charge is 0.507 e. The van der Waals surface area contributed by atoms with Gasteiger partial charge in [0.25, 0.3) is 0 Å². The lowest BCUT2D eigenvalue weighted by atomic mass is 10.3. The number of carbonyl (C=O) groups excluding carboxylic acids is 1. The Hall–Kier alpha value is -1.47. The molecule has 0 radical (unpaired) electrons. The lowest BCUT2D eigenvalue weighted by Gasteiger charge is -2.05. The van der Waals surface area contributed by atoms with Crippen LogP contribution < -0.4 is 4.74 Å². The number of ketones is 1. The van der Waals surface area contributed by atoms with Crippen LogP contribution in [0.1, 0.15) is 6.92 Å². The molecule has 0 saturated heterocycles. The van der Waals surface area contributed by atoms with Gasteiger partial charge in [0, 0.05) is 0 Å². The summed E-state index contributed by atoms with van der Waals surface area (Å²) in [5.41, 5.74) is 0. The summed E-state index contributed by atoms with van der Waals surface area (Å²) in [4.78, 5) is 10.6. The molecule has 22 heavy (non-hydrogen) atoms. The fourth-order valence-corrected chi connectivity index (χ4v) is 2.07. The van der Waals surface area contributed by atoms with Crippen molar-refractivity contribution in [3.05, 3.63) is 57.0 Å². The monoisotopic (exact) mass is 436 g/mol. The predicted octanol–water partition coefficient (Wildman–Crippen LogP) is 4.85. The van der Waals surface area contributed by atoms with E-state index in [0.717, 1.165) is 0 Å². The summed E-state index contributed by atoms with van der Waals surface area (Å²) in [5, 5.41) is 8.83. The van der Waals surface area contributed by atoms with Crippen LogP contribution >= 0.6 is 31.9 Å². The Morgan fingerprint density at radius 1 is 1.09 bits per heavy atom. The Morgan fingerprint density at radius 3 is 2.09 bits per heavy atom. The number of hydrogen-bond donors (Lipinski definition) is 1. The highest BCUT2D eigenvalue weighted by Crippen LogP contribution is 2.25. The first kappa shape index (κ1) is 18.6. The average Bonchev–Trinajstić information content (AvgIpc) is 2.43. The highest BCUT2D eigenvalue weighted by molar-refractivity contribution is 9.10. The Labute approximate surface area is 143 Å². The number of Topliss-reactive ketones (excluding diaryl/α,β-unsaturated/α-hetero) is 1. The first-order valence-electron chi connectivity index (χ1n) is 6.01. The van der Waals surface area contributed by atoms with Crippen LogP contribution in [0.15, 0.2) is 45.3 Å². The van der Waals surface area contributed by atoms with Crippen molar-refractivity contribution in [2.75, 3.05) is 6.61 Å². The molecule has 0 atom stereocenters. The molecule has 2 rings (SSSR count). The topological polar surface area (TPSA) is 46.5 Å². The fourth-order valence-electron chi connectivity index (χ4n) is 1.25. The van der Waals surface area contributed by atoms with Gasteiger partial charge in [-0.15, -0.1) is 0 Å². The number of phenolic OH excluding ortho intramolecular Hbond substituents is 1. The molecule has 0 aliphatic heterocycles. The molecule has 2 aromatic rings. The number of benzene rings is 2. The van der Waals surface area contributed by atoms with Gasteiger partial charge in [0.1, 0.15) is 29.7 Å². The second kappa shape index (κ2) is 8.85. The minimum atomic E-state index is -0.361. The number of phenols is 1. The third-order valence-electron chi connectivity index (χ3n) is 2.23. The van der Waals surface area contributed by atoms with Crippen molar-refractivity contribution in [1.29, 1.82) is 0 Å². The normalized spacial score (nSPS) is 9.68. The smallest absolute Gasteiger partial charge is 0.167 e. The van der Waals surface area contributed by atoms with Crippen LogP contribution in [0.25, 0.3) is 0 Å². The van der Waals surface area contributed by atoms with Crippen molar-refractivity contribution in [1.82, 2.24) is 0 Å². The van der Waals surface area contributed by atoms with Gasteiger partial charge in [-0.2, -0.15) is 0 Å². The number of rotatable bonds is 3. The van der Waals surface area contributed by atoms with E-state index in [4.69, 9.17) is 9.84 Å². The van der Waals surface area contributed by atoms with Gasteiger partial charge in [-0.1, -0.05) is 0 Å². The van der Waals surface area contributed by atoms with Crippen molar-refractivity contribution in [3.8, 4) is 11.5 Å². The molecule has 0 unspecified atom stereocenters. The van der Waals surface area contributed by atoms with Crippen LogP contribution in [-0.2, 0) is 4.79 Å². The Morgan fingerprint density at radius 2 is 1.64 bits per heavy atom.